The molecule has 0 radical (unpaired) electrons. The highest BCUT2D eigenvalue weighted by molar-refractivity contribution is 6.09. The molecular weight excluding hydrogens is 264 g/mol. The molecule has 1 aromatic heterocycles. The highest BCUT2D eigenvalue weighted by Gasteiger charge is 2.20. The number of carbonyl (C=O) groups excluding carboxylic acids is 1. The monoisotopic (exact) mass is 286 g/mol. The zero-order chi connectivity index (χ0) is 14.8. The van der Waals surface area contributed by atoms with Crippen LogP contribution in [0.3, 0.4) is 0 Å². The first-order valence-electron chi connectivity index (χ1n) is 7.58. The van der Waals surface area contributed by atoms with Crippen LogP contribution in [0.25, 0.3) is 10.9 Å². The zero-order valence-electron chi connectivity index (χ0n) is 12.7. The lowest BCUT2D eigenvalue weighted by Gasteiger charge is -2.30. The van der Waals surface area contributed by atoms with Crippen LogP contribution in [0, 0.1) is 5.92 Å². The maximum absolute atomic E-state index is 12.6. The minimum atomic E-state index is 0.184. The molecule has 2 heterocycles. The number of rotatable bonds is 4. The van der Waals surface area contributed by atoms with E-state index in [0.717, 1.165) is 35.3 Å². The third kappa shape index (κ3) is 2.95. The largest absolute Gasteiger partial charge is 0.497 e. The molecule has 0 bridgehead atoms. The van der Waals surface area contributed by atoms with Crippen molar-refractivity contribution in [2.75, 3.05) is 26.7 Å². The number of piperidine rings is 1. The molecular formula is C17H22N2O2. The zero-order valence-corrected chi connectivity index (χ0v) is 12.7. The Labute approximate surface area is 125 Å². The Kier molecular flexibility index (Phi) is 3.97. The van der Waals surface area contributed by atoms with Gasteiger partial charge in [-0.3, -0.25) is 9.69 Å². The fourth-order valence-electron chi connectivity index (χ4n) is 3.18. The summed E-state index contributed by atoms with van der Waals surface area (Å²) in [6.45, 7) is 4.82. The van der Waals surface area contributed by atoms with Crippen molar-refractivity contribution < 1.29 is 9.53 Å². The van der Waals surface area contributed by atoms with Crippen molar-refractivity contribution >= 4 is 16.7 Å². The van der Waals surface area contributed by atoms with Gasteiger partial charge in [0.15, 0.2) is 5.78 Å². The number of fused-ring (bicyclic) bond motifs is 1. The summed E-state index contributed by atoms with van der Waals surface area (Å²) in [6, 6.07) is 5.78. The maximum Gasteiger partial charge on any atom is 0.178 e. The molecule has 0 amide bonds. The molecule has 0 saturated carbocycles. The van der Waals surface area contributed by atoms with Gasteiger partial charge in [-0.15, -0.1) is 0 Å². The van der Waals surface area contributed by atoms with E-state index in [1.54, 1.807) is 7.11 Å². The van der Waals surface area contributed by atoms with Gasteiger partial charge in [-0.25, -0.2) is 0 Å². The normalized spacial score (nSPS) is 19.8. The SMILES string of the molecule is COc1ccc2[nH]cc(C(=O)CN3CCC[C@@H](C)C3)c2c1. The Bertz CT molecular complexity index is 647. The number of carbonyl (C=O) groups is 1. The molecule has 4 heteroatoms. The molecule has 0 spiro atoms. The Balaban J connectivity index is 1.80. The van der Waals surface area contributed by atoms with Crippen molar-refractivity contribution in [3.63, 3.8) is 0 Å². The number of hydrogen-bond acceptors (Lipinski definition) is 3. The number of methoxy groups -OCH3 is 1. The van der Waals surface area contributed by atoms with Gasteiger partial charge in [-0.2, -0.15) is 0 Å². The van der Waals surface area contributed by atoms with Crippen molar-refractivity contribution in [1.82, 2.24) is 9.88 Å². The van der Waals surface area contributed by atoms with Gasteiger partial charge in [0, 0.05) is 29.2 Å². The Morgan fingerprint density at radius 1 is 1.48 bits per heavy atom. The lowest BCUT2D eigenvalue weighted by Crippen LogP contribution is -2.37. The van der Waals surface area contributed by atoms with Crippen molar-refractivity contribution in [2.45, 2.75) is 19.8 Å². The summed E-state index contributed by atoms with van der Waals surface area (Å²) in [4.78, 5) is 18.0. The number of benzene rings is 1. The number of hydrogen-bond donors (Lipinski definition) is 1. The third-order valence-electron chi connectivity index (χ3n) is 4.30. The lowest BCUT2D eigenvalue weighted by molar-refractivity contribution is 0.0894. The molecule has 1 aliphatic heterocycles. The number of nitrogens with zero attached hydrogens (tertiary/aromatic N) is 1. The van der Waals surface area contributed by atoms with Gasteiger partial charge < -0.3 is 9.72 Å². The molecule has 112 valence electrons. The summed E-state index contributed by atoms with van der Waals surface area (Å²) in [5, 5.41) is 0.949. The van der Waals surface area contributed by atoms with Gasteiger partial charge >= 0.3 is 0 Å². The number of ether oxygens (including phenoxy) is 1. The summed E-state index contributed by atoms with van der Waals surface area (Å²) in [7, 11) is 1.64. The fourth-order valence-corrected chi connectivity index (χ4v) is 3.18. The second-order valence-corrected chi connectivity index (χ2v) is 6.02. The quantitative estimate of drug-likeness (QED) is 0.878. The van der Waals surface area contributed by atoms with Crippen LogP contribution in [0.4, 0.5) is 0 Å². The average molecular weight is 286 g/mol. The highest BCUT2D eigenvalue weighted by atomic mass is 16.5. The molecule has 2 aromatic rings. The molecule has 1 saturated heterocycles. The molecule has 1 aliphatic rings. The number of likely N-dealkylation sites (tertiary alicyclic amines) is 1. The van der Waals surface area contributed by atoms with Gasteiger partial charge in [-0.1, -0.05) is 6.92 Å². The van der Waals surface area contributed by atoms with E-state index < -0.39 is 0 Å². The second-order valence-electron chi connectivity index (χ2n) is 6.02. The van der Waals surface area contributed by atoms with Gasteiger partial charge in [0.25, 0.3) is 0 Å². The predicted molar refractivity (Wildman–Crippen MR) is 84.0 cm³/mol. The average Bonchev–Trinajstić information content (AvgIpc) is 2.90. The molecule has 1 atom stereocenters. The summed E-state index contributed by atoms with van der Waals surface area (Å²) in [5.74, 6) is 1.65. The molecule has 0 unspecified atom stereocenters. The first kappa shape index (κ1) is 14.1. The minimum Gasteiger partial charge on any atom is -0.497 e. The van der Waals surface area contributed by atoms with E-state index in [9.17, 15) is 4.79 Å². The van der Waals surface area contributed by atoms with Crippen LogP contribution in [0.2, 0.25) is 0 Å². The van der Waals surface area contributed by atoms with Crippen LogP contribution < -0.4 is 4.74 Å². The topological polar surface area (TPSA) is 45.3 Å². The van der Waals surface area contributed by atoms with Crippen LogP contribution in [-0.4, -0.2) is 42.4 Å². The fraction of sp³-hybridized carbons (Fsp3) is 0.471. The third-order valence-corrected chi connectivity index (χ3v) is 4.30. The first-order valence-corrected chi connectivity index (χ1v) is 7.58. The number of Topliss-reactive ketones (excluding diaryl/α,β-unsaturated/α-hetero) is 1. The summed E-state index contributed by atoms with van der Waals surface area (Å²) < 4.78 is 5.25. The second kappa shape index (κ2) is 5.90. The smallest absolute Gasteiger partial charge is 0.178 e. The van der Waals surface area contributed by atoms with Gasteiger partial charge in [0.1, 0.15) is 5.75 Å². The van der Waals surface area contributed by atoms with E-state index in [1.165, 1.54) is 12.8 Å². The molecule has 0 aliphatic carbocycles. The number of aromatic nitrogens is 1. The Morgan fingerprint density at radius 2 is 2.33 bits per heavy atom. The molecule has 3 rings (SSSR count). The van der Waals surface area contributed by atoms with Crippen molar-refractivity contribution in [2.24, 2.45) is 5.92 Å². The number of H-pyrrole nitrogens is 1. The molecule has 1 aromatic carbocycles. The molecule has 1 N–H and O–H groups in total. The Hall–Kier alpha value is -1.81. The number of ketones is 1. The highest BCUT2D eigenvalue weighted by Crippen LogP contribution is 2.24. The minimum absolute atomic E-state index is 0.184. The summed E-state index contributed by atoms with van der Waals surface area (Å²) in [6.07, 6.45) is 4.28. The predicted octanol–water partition coefficient (Wildman–Crippen LogP) is 3.09. The van der Waals surface area contributed by atoms with Crippen LogP contribution in [0.5, 0.6) is 5.75 Å². The van der Waals surface area contributed by atoms with Crippen molar-refractivity contribution in [3.05, 3.63) is 30.0 Å². The number of aromatic amines is 1. The van der Waals surface area contributed by atoms with Gasteiger partial charge in [0.2, 0.25) is 0 Å². The maximum atomic E-state index is 12.6. The van der Waals surface area contributed by atoms with E-state index in [4.69, 9.17) is 4.74 Å². The lowest BCUT2D eigenvalue weighted by atomic mass is 9.99. The van der Waals surface area contributed by atoms with Crippen LogP contribution in [0.1, 0.15) is 30.1 Å². The summed E-state index contributed by atoms with van der Waals surface area (Å²) >= 11 is 0. The Morgan fingerprint density at radius 3 is 3.10 bits per heavy atom. The number of nitrogens with one attached hydrogen (secondary N) is 1. The van der Waals surface area contributed by atoms with E-state index in [1.807, 2.05) is 24.4 Å². The summed E-state index contributed by atoms with van der Waals surface area (Å²) in [5.41, 5.74) is 1.74. The van der Waals surface area contributed by atoms with E-state index in [0.29, 0.717) is 12.5 Å². The molecule has 4 nitrogen and oxygen atoms in total. The van der Waals surface area contributed by atoms with Crippen LogP contribution in [0.15, 0.2) is 24.4 Å². The van der Waals surface area contributed by atoms with Crippen molar-refractivity contribution in [1.29, 1.82) is 0 Å². The van der Waals surface area contributed by atoms with Crippen LogP contribution in [-0.2, 0) is 0 Å². The van der Waals surface area contributed by atoms with E-state index >= 15 is 0 Å². The standard InChI is InChI=1S/C17H22N2O2/c1-12-4-3-7-19(10-12)11-17(20)15-9-18-16-6-5-13(21-2)8-14(15)16/h5-6,8-9,12,18H,3-4,7,10-11H2,1-2H3/t12-/m1/s1. The van der Waals surface area contributed by atoms with E-state index in [-0.39, 0.29) is 5.78 Å². The molecule has 21 heavy (non-hydrogen) atoms. The first-order chi connectivity index (χ1) is 10.2. The molecule has 1 fully saturated rings. The van der Waals surface area contributed by atoms with E-state index in [2.05, 4.69) is 16.8 Å². The van der Waals surface area contributed by atoms with Crippen molar-refractivity contribution in [3.8, 4) is 5.75 Å². The van der Waals surface area contributed by atoms with Gasteiger partial charge in [0.05, 0.1) is 13.7 Å². The van der Waals surface area contributed by atoms with Gasteiger partial charge in [-0.05, 0) is 43.5 Å². The van der Waals surface area contributed by atoms with Crippen LogP contribution >= 0.6 is 0 Å².